The highest BCUT2D eigenvalue weighted by Gasteiger charge is 2.18. The van der Waals surface area contributed by atoms with E-state index in [0.29, 0.717) is 29.3 Å². The molecule has 150 valence electrons. The molecule has 0 saturated heterocycles. The molecule has 2 aliphatic rings. The molecule has 0 fully saturated rings. The molecule has 3 aromatic rings. The Bertz CT molecular complexity index is 1310. The molecule has 0 bridgehead atoms. The highest BCUT2D eigenvalue weighted by atomic mass is 32.1. The fraction of sp³-hybridized carbons (Fsp3) is 0.136. The lowest BCUT2D eigenvalue weighted by Gasteiger charge is -2.07. The number of pyridine rings is 1. The second-order valence-corrected chi connectivity index (χ2v) is 8.00. The van der Waals surface area contributed by atoms with Gasteiger partial charge in [0.25, 0.3) is 0 Å². The molecule has 8 heteroatoms. The van der Waals surface area contributed by atoms with E-state index in [4.69, 9.17) is 4.98 Å². The van der Waals surface area contributed by atoms with Crippen LogP contribution in [0.3, 0.4) is 0 Å². The minimum atomic E-state index is -2.91. The van der Waals surface area contributed by atoms with E-state index in [0.717, 1.165) is 15.2 Å². The van der Waals surface area contributed by atoms with E-state index in [2.05, 4.69) is 33.8 Å². The number of aryl methyl sites for hydroxylation is 1. The monoisotopic (exact) mass is 422 g/mol. The number of ether oxygens (including phenoxy) is 1. The van der Waals surface area contributed by atoms with Gasteiger partial charge in [-0.25, -0.2) is 15.0 Å². The number of imidazole rings is 1. The zero-order valence-electron chi connectivity index (χ0n) is 15.9. The van der Waals surface area contributed by atoms with Crippen molar-refractivity contribution in [3.05, 3.63) is 71.5 Å². The molecule has 2 aromatic carbocycles. The number of rotatable bonds is 5. The molecule has 3 heterocycles. The van der Waals surface area contributed by atoms with Gasteiger partial charge in [-0.15, -0.1) is 11.3 Å². The first-order valence-electron chi connectivity index (χ1n) is 9.29. The SMILES string of the molecule is Cc1ccc2nc(Cn3ccc4nc(-c5ccccc5OC(F)F)nc-4c3)sc2c1. The zero-order valence-corrected chi connectivity index (χ0v) is 16.7. The third-order valence-corrected chi connectivity index (χ3v) is 5.68. The van der Waals surface area contributed by atoms with Crippen LogP contribution in [-0.4, -0.2) is 26.1 Å². The minimum Gasteiger partial charge on any atom is -0.434 e. The third-order valence-electron chi connectivity index (χ3n) is 4.68. The van der Waals surface area contributed by atoms with Crippen LogP contribution >= 0.6 is 11.3 Å². The number of alkyl halides is 2. The second-order valence-electron chi connectivity index (χ2n) is 6.89. The van der Waals surface area contributed by atoms with Crippen LogP contribution in [0.5, 0.6) is 5.75 Å². The van der Waals surface area contributed by atoms with E-state index in [1.54, 1.807) is 29.5 Å². The summed E-state index contributed by atoms with van der Waals surface area (Å²) in [7, 11) is 0. The Kier molecular flexibility index (Phi) is 4.63. The number of hydrogen-bond donors (Lipinski definition) is 0. The fourth-order valence-electron chi connectivity index (χ4n) is 3.32. The Hall–Kier alpha value is -3.39. The van der Waals surface area contributed by atoms with Gasteiger partial charge in [0.2, 0.25) is 0 Å². The first-order chi connectivity index (χ1) is 14.5. The maximum Gasteiger partial charge on any atom is 0.387 e. The van der Waals surface area contributed by atoms with Crippen molar-refractivity contribution in [2.24, 2.45) is 0 Å². The second kappa shape index (κ2) is 7.46. The van der Waals surface area contributed by atoms with Gasteiger partial charge in [0.15, 0.2) is 5.82 Å². The molecule has 1 aromatic heterocycles. The lowest BCUT2D eigenvalue weighted by molar-refractivity contribution is -0.0494. The quantitative estimate of drug-likeness (QED) is 0.369. The van der Waals surface area contributed by atoms with Crippen LogP contribution < -0.4 is 4.74 Å². The predicted molar refractivity (Wildman–Crippen MR) is 112 cm³/mol. The summed E-state index contributed by atoms with van der Waals surface area (Å²) < 4.78 is 33.2. The number of hydrogen-bond acceptors (Lipinski definition) is 5. The normalized spacial score (nSPS) is 11.6. The number of nitrogens with zero attached hydrogens (tertiary/aromatic N) is 4. The maximum atomic E-state index is 12.7. The summed E-state index contributed by atoms with van der Waals surface area (Å²) in [4.78, 5) is 13.7. The molecule has 5 rings (SSSR count). The van der Waals surface area contributed by atoms with Crippen molar-refractivity contribution in [1.82, 2.24) is 19.5 Å². The lowest BCUT2D eigenvalue weighted by atomic mass is 10.2. The number of benzene rings is 2. The Morgan fingerprint density at radius 2 is 1.87 bits per heavy atom. The predicted octanol–water partition coefficient (Wildman–Crippen LogP) is 5.62. The van der Waals surface area contributed by atoms with Gasteiger partial charge in [-0.05, 0) is 42.8 Å². The van der Waals surface area contributed by atoms with Crippen molar-refractivity contribution in [2.75, 3.05) is 0 Å². The molecule has 0 unspecified atom stereocenters. The average Bonchev–Trinajstić information content (AvgIpc) is 3.30. The number of para-hydroxylation sites is 1. The van der Waals surface area contributed by atoms with Crippen molar-refractivity contribution >= 4 is 21.6 Å². The molecule has 0 aliphatic carbocycles. The van der Waals surface area contributed by atoms with Gasteiger partial charge in [-0.1, -0.05) is 18.2 Å². The Labute approximate surface area is 175 Å². The van der Waals surface area contributed by atoms with E-state index in [1.807, 2.05) is 29.1 Å². The van der Waals surface area contributed by atoms with Crippen LogP contribution in [0.4, 0.5) is 8.78 Å². The van der Waals surface area contributed by atoms with Crippen LogP contribution in [0.2, 0.25) is 0 Å². The topological polar surface area (TPSA) is 52.8 Å². The molecular formula is C22H16F2N4OS. The van der Waals surface area contributed by atoms with Crippen LogP contribution in [-0.2, 0) is 6.54 Å². The number of fused-ring (bicyclic) bond motifs is 2. The third kappa shape index (κ3) is 3.61. The van der Waals surface area contributed by atoms with Gasteiger partial charge < -0.3 is 9.30 Å². The molecule has 0 N–H and O–H groups in total. The van der Waals surface area contributed by atoms with Gasteiger partial charge in [0, 0.05) is 12.4 Å². The smallest absolute Gasteiger partial charge is 0.387 e. The molecule has 30 heavy (non-hydrogen) atoms. The molecule has 0 atom stereocenters. The zero-order chi connectivity index (χ0) is 20.7. The minimum absolute atomic E-state index is 0.0560. The molecule has 0 spiro atoms. The first kappa shape index (κ1) is 18.6. The highest BCUT2D eigenvalue weighted by molar-refractivity contribution is 7.18. The van der Waals surface area contributed by atoms with E-state index < -0.39 is 6.61 Å². The van der Waals surface area contributed by atoms with Crippen LogP contribution in [0.1, 0.15) is 10.6 Å². The summed E-state index contributed by atoms with van der Waals surface area (Å²) in [5.41, 5.74) is 4.00. The summed E-state index contributed by atoms with van der Waals surface area (Å²) in [5, 5.41) is 0.996. The van der Waals surface area contributed by atoms with Gasteiger partial charge >= 0.3 is 6.61 Å². The highest BCUT2D eigenvalue weighted by Crippen LogP contribution is 2.32. The number of halogens is 2. The standard InChI is InChI=1S/C22H16F2N4OS/c1-13-6-7-16-19(10-13)30-20(25-16)12-28-9-8-15-17(11-28)27-21(26-15)14-4-2-3-5-18(14)29-22(23)24/h2-11,22H,12H2,1H3. The summed E-state index contributed by atoms with van der Waals surface area (Å²) in [6.45, 7) is -0.227. The summed E-state index contributed by atoms with van der Waals surface area (Å²) in [6, 6.07) is 14.6. The van der Waals surface area contributed by atoms with Crippen molar-refractivity contribution in [3.8, 4) is 28.5 Å². The van der Waals surface area contributed by atoms with Gasteiger partial charge in [0.05, 0.1) is 28.0 Å². The number of thiazole rings is 1. The van der Waals surface area contributed by atoms with Crippen molar-refractivity contribution in [3.63, 3.8) is 0 Å². The molecule has 2 aliphatic heterocycles. The Morgan fingerprint density at radius 1 is 1.03 bits per heavy atom. The van der Waals surface area contributed by atoms with E-state index in [9.17, 15) is 8.78 Å². The Balaban J connectivity index is 1.46. The number of aromatic nitrogens is 4. The van der Waals surface area contributed by atoms with Gasteiger partial charge in [-0.3, -0.25) is 0 Å². The van der Waals surface area contributed by atoms with Crippen molar-refractivity contribution in [2.45, 2.75) is 20.1 Å². The van der Waals surface area contributed by atoms with Gasteiger partial charge in [-0.2, -0.15) is 8.78 Å². The van der Waals surface area contributed by atoms with Crippen LogP contribution in [0, 0.1) is 6.92 Å². The largest absolute Gasteiger partial charge is 0.434 e. The lowest BCUT2D eigenvalue weighted by Crippen LogP contribution is -2.03. The first-order valence-corrected chi connectivity index (χ1v) is 10.1. The van der Waals surface area contributed by atoms with Crippen molar-refractivity contribution in [1.29, 1.82) is 0 Å². The molecule has 5 nitrogen and oxygen atoms in total. The van der Waals surface area contributed by atoms with E-state index in [-0.39, 0.29) is 5.75 Å². The van der Waals surface area contributed by atoms with Crippen molar-refractivity contribution < 1.29 is 13.5 Å². The average molecular weight is 422 g/mol. The molecule has 0 radical (unpaired) electrons. The fourth-order valence-corrected chi connectivity index (χ4v) is 4.40. The summed E-state index contributed by atoms with van der Waals surface area (Å²) in [6.07, 6.45) is 3.80. The van der Waals surface area contributed by atoms with Crippen LogP contribution in [0.25, 0.3) is 33.0 Å². The van der Waals surface area contributed by atoms with Gasteiger partial charge in [0.1, 0.15) is 16.5 Å². The summed E-state index contributed by atoms with van der Waals surface area (Å²) in [5.74, 6) is 0.412. The molecule has 0 amide bonds. The van der Waals surface area contributed by atoms with Crippen LogP contribution in [0.15, 0.2) is 60.9 Å². The molecular weight excluding hydrogens is 406 g/mol. The Morgan fingerprint density at radius 3 is 2.73 bits per heavy atom. The van der Waals surface area contributed by atoms with E-state index >= 15 is 0 Å². The summed E-state index contributed by atoms with van der Waals surface area (Å²) >= 11 is 1.67. The molecule has 0 saturated carbocycles. The van der Waals surface area contributed by atoms with E-state index in [1.165, 1.54) is 11.6 Å². The maximum absolute atomic E-state index is 12.7.